The van der Waals surface area contributed by atoms with E-state index in [1.54, 1.807) is 142 Å². The first-order valence-electron chi connectivity index (χ1n) is 46.2. The summed E-state index contributed by atoms with van der Waals surface area (Å²) in [5.74, 6) is 1.25. The van der Waals surface area contributed by atoms with Gasteiger partial charge in [-0.2, -0.15) is 15.3 Å². The topological polar surface area (TPSA) is 633 Å². The van der Waals surface area contributed by atoms with E-state index in [0.29, 0.717) is 116 Å². The third-order valence-corrected chi connectivity index (χ3v) is 28.2. The van der Waals surface area contributed by atoms with Crippen molar-refractivity contribution in [1.82, 2.24) is 42.1 Å². The van der Waals surface area contributed by atoms with Crippen LogP contribution in [0.15, 0.2) is 111 Å². The molecular formula is C96H139N19O23S10. The van der Waals surface area contributed by atoms with Crippen molar-refractivity contribution in [2.45, 2.75) is 204 Å². The highest BCUT2D eigenvalue weighted by atomic mass is 33.1. The van der Waals surface area contributed by atoms with E-state index >= 15 is 0 Å². The van der Waals surface area contributed by atoms with Gasteiger partial charge in [0.25, 0.3) is 17.7 Å². The Hall–Kier alpha value is -11.0. The van der Waals surface area contributed by atoms with Gasteiger partial charge in [0, 0.05) is 175 Å². The molecule has 42 nitrogen and oxygen atoms in total. The van der Waals surface area contributed by atoms with Crippen LogP contribution in [0.1, 0.15) is 232 Å². The lowest BCUT2D eigenvalue weighted by molar-refractivity contribution is -0.142. The van der Waals surface area contributed by atoms with Crippen LogP contribution >= 0.6 is 108 Å². The molecule has 3 rings (SSSR count). The Kier molecular flexibility index (Phi) is 96.1. The highest BCUT2D eigenvalue weighted by Crippen LogP contribution is 2.27. The second kappa shape index (κ2) is 99.3. The number of carbonyl (C=O) groups excluding carboxylic acids is 19. The summed E-state index contributed by atoms with van der Waals surface area (Å²) in [4.78, 5) is 271. The van der Waals surface area contributed by atoms with Gasteiger partial charge in [-0.3, -0.25) is 136 Å². The quantitative estimate of drug-likeness (QED) is 0.00833. The number of aromatic nitrogens is 2. The number of aliphatic imine (C=N–C) groups is 7. The highest BCUT2D eigenvalue weighted by molar-refractivity contribution is 8.77. The Bertz CT molecular complexity index is 4880. The number of anilines is 1. The Morgan fingerprint density at radius 1 is 0.365 bits per heavy atom. The number of amides is 6. The summed E-state index contributed by atoms with van der Waals surface area (Å²) in [6.45, 7) is 18.8. The van der Waals surface area contributed by atoms with Gasteiger partial charge in [-0.15, -0.1) is 0 Å². The summed E-state index contributed by atoms with van der Waals surface area (Å²) in [6, 6.07) is 10.7. The molecule has 0 aliphatic carbocycles. The predicted octanol–water partition coefficient (Wildman–Crippen LogP) is 12.3. The van der Waals surface area contributed by atoms with Crippen LogP contribution in [0.2, 0.25) is 0 Å². The van der Waals surface area contributed by atoms with Crippen LogP contribution in [-0.2, 0) is 88.1 Å². The Morgan fingerprint density at radius 2 is 0.764 bits per heavy atom. The molecule has 0 bridgehead atoms. The van der Waals surface area contributed by atoms with E-state index in [9.17, 15) is 101 Å². The molecule has 816 valence electrons. The minimum atomic E-state index is -1.21. The van der Waals surface area contributed by atoms with Gasteiger partial charge in [-0.05, 0) is 173 Å². The number of pyridine rings is 2. The summed E-state index contributed by atoms with van der Waals surface area (Å²) >= 11 is 0. The zero-order chi connectivity index (χ0) is 112. The van der Waals surface area contributed by atoms with Gasteiger partial charge in [0.1, 0.15) is 23.7 Å². The average molecular weight is 2250 g/mol. The molecule has 0 aliphatic rings. The minimum Gasteiger partial charge on any atom is -0.480 e. The van der Waals surface area contributed by atoms with E-state index in [-0.39, 0.29) is 163 Å². The van der Waals surface area contributed by atoms with Crippen molar-refractivity contribution < 1.29 is 111 Å². The molecule has 2 unspecified atom stereocenters. The van der Waals surface area contributed by atoms with Gasteiger partial charge in [0.05, 0.1) is 99.6 Å². The first kappa shape index (κ1) is 143. The Balaban J connectivity index is -0.000000829. The molecule has 2 atom stereocenters. The van der Waals surface area contributed by atoms with E-state index in [4.69, 9.17) is 10.2 Å². The van der Waals surface area contributed by atoms with Gasteiger partial charge >= 0.3 is 11.9 Å². The number of nitrogens with zero attached hydrogens (tertiary/aromatic N) is 12. The maximum atomic E-state index is 12.1. The summed E-state index contributed by atoms with van der Waals surface area (Å²) in [5.41, 5.74) is 9.72. The fourth-order valence-corrected chi connectivity index (χ4v) is 18.8. The zero-order valence-corrected chi connectivity index (χ0v) is 94.1. The van der Waals surface area contributed by atoms with Gasteiger partial charge in [-0.1, -0.05) is 115 Å². The SMILES string of the molecule is CC=NCC(=O)CCC(NC(=O)CSSCCC(=O)/C=N/NC(C)=O)C(=O)O.CC=NCC(=O)CCC(NC(=O)CSSCCCC(=O)C=NCC(C)=O)C(=O)O.CC=NCC(=O)CCSSCCCC(=O)CCC.CC=NCC(=O)CCSSCCCC(=O)c1ccc(N/N=C/C)nc1.CNC(=O)c1ccc(C(=O)N/N=C/C(C)=O)cc1.CNC(=O)c1ccc(CN=CC(C)=O)nc1.CSSCCCC(=O)C=NCC(C)=O. The van der Waals surface area contributed by atoms with Gasteiger partial charge in [0.2, 0.25) is 17.7 Å². The third-order valence-electron chi connectivity index (χ3n) is 16.6. The molecule has 9 N–H and O–H groups in total. The fraction of sp³-hybridized carbons (Fsp3) is 0.510. The number of hydrogen-bond acceptors (Lipinski definition) is 44. The molecule has 148 heavy (non-hydrogen) atoms. The van der Waals surface area contributed by atoms with Gasteiger partial charge in [0.15, 0.2) is 69.4 Å². The lowest BCUT2D eigenvalue weighted by Crippen LogP contribution is -2.41. The molecule has 2 aromatic heterocycles. The average Bonchev–Trinajstić information content (AvgIpc) is 0.875. The summed E-state index contributed by atoms with van der Waals surface area (Å²) in [6.07, 6.45) is 27.0. The van der Waals surface area contributed by atoms with Crippen LogP contribution in [0.3, 0.4) is 0 Å². The molecule has 0 saturated carbocycles. The van der Waals surface area contributed by atoms with Crippen molar-refractivity contribution in [3.05, 3.63) is 88.9 Å². The number of Topliss-reactive ketones (excluding diaryl/α,β-unsaturated/α-hetero) is 13. The first-order valence-corrected chi connectivity index (χ1v) is 58.9. The molecule has 3 aromatic rings. The summed E-state index contributed by atoms with van der Waals surface area (Å²) in [5, 5.41) is 38.9. The van der Waals surface area contributed by atoms with Gasteiger partial charge < -0.3 is 31.5 Å². The van der Waals surface area contributed by atoms with E-state index in [1.165, 1.54) is 140 Å². The second-order valence-corrected chi connectivity index (χ2v) is 42.9. The van der Waals surface area contributed by atoms with E-state index < -0.39 is 41.7 Å². The van der Waals surface area contributed by atoms with Crippen LogP contribution < -0.4 is 37.5 Å². The number of hydrazone groups is 3. The van der Waals surface area contributed by atoms with Crippen molar-refractivity contribution in [3.8, 4) is 0 Å². The van der Waals surface area contributed by atoms with Crippen LogP contribution in [-0.4, -0.2) is 328 Å². The summed E-state index contributed by atoms with van der Waals surface area (Å²) in [7, 11) is 18.5. The fourth-order valence-electron chi connectivity index (χ4n) is 9.47. The number of carbonyl (C=O) groups is 21. The number of nitrogens with one attached hydrogen (secondary N) is 7. The normalized spacial score (nSPS) is 11.3. The molecule has 0 aliphatic heterocycles. The molecule has 0 radical (unpaired) electrons. The standard InChI is InChI=1S/C18H27N3O6S2.C17H24N4O2S2.C16H24N4O6S2.C13H23NO2S2.C12H13N3O3.C11H13N3O2.C9H15NO2S2/c1-3-19-10-15(24)6-7-16(18(26)27)21-17(25)12-29-28-8-4-5-14(23)11-20-9-13(2)22;1-3-18-13-15(22)9-11-25-24-10-5-6-16(23)14-7-8-17(19-12-14)21-20-4-2;1-3-17-8-12(22)4-5-14(16(25)26)19-15(24)10-28-27-7-6-13(23)9-18-20-11(2)21;1-3-6-12(15)7-5-9-17-18-10-8-13(16)11-14-4-2;1-8(16)7-14-15-12(18)10-5-3-9(4-6-10)11(17)13-2;1-8(15)5-13-7-10-4-3-9(6-14-10)11(16)12-2;1-8(11)6-10-7-9(12)4-3-5-14-13-2/h3,11,16H,4-10,12H2,1-2H3,(H,21,25)(H,26,27);3-4,7-8,12H,5-6,9-11,13H2,1-2H3,(H,19,21);3,9,14H,4-8,10H2,1-2H3,(H,19,24)(H,20,21)(H,25,26);4H,3,5-11H2,1-2H3;3-7H,1-2H3,(H,13,17)(H,15,18);3-6H,7H2,1-2H3,(H,12,16);7H,3-6H2,1-2H3/b;18-3?,20-4+;17-3?,18-9+;;14-7+;;. The number of carboxylic acid groups (broad SMARTS) is 2. The van der Waals surface area contributed by atoms with Crippen molar-refractivity contribution in [2.24, 2.45) is 50.3 Å². The number of rotatable bonds is 73. The minimum absolute atomic E-state index is 0.000907. The maximum absolute atomic E-state index is 12.1. The van der Waals surface area contributed by atoms with Crippen LogP contribution in [0.25, 0.3) is 0 Å². The Morgan fingerprint density at radius 3 is 1.18 bits per heavy atom. The van der Waals surface area contributed by atoms with Crippen molar-refractivity contribution >= 4 is 298 Å². The van der Waals surface area contributed by atoms with Crippen LogP contribution in [0.5, 0.6) is 0 Å². The molecule has 52 heteroatoms. The first-order chi connectivity index (χ1) is 70.7. The predicted molar refractivity (Wildman–Crippen MR) is 609 cm³/mol. The van der Waals surface area contributed by atoms with E-state index in [1.807, 2.05) is 27.0 Å². The lowest BCUT2D eigenvalue weighted by atomic mass is 10.1. The number of benzene rings is 1. The Labute approximate surface area is 904 Å². The molecule has 6 amide bonds. The molecule has 1 aromatic carbocycles. The number of carboxylic acids is 2. The van der Waals surface area contributed by atoms with Crippen molar-refractivity contribution in [1.29, 1.82) is 0 Å². The van der Waals surface area contributed by atoms with Gasteiger partial charge in [-0.25, -0.2) is 25.4 Å². The van der Waals surface area contributed by atoms with E-state index in [2.05, 4.69) is 97.8 Å². The highest BCUT2D eigenvalue weighted by Gasteiger charge is 2.23. The number of aliphatic carboxylic acids is 2. The molecule has 0 saturated heterocycles. The number of ketones is 13. The largest absolute Gasteiger partial charge is 0.480 e. The third kappa shape index (κ3) is 93.5. The van der Waals surface area contributed by atoms with Crippen molar-refractivity contribution in [3.63, 3.8) is 0 Å². The smallest absolute Gasteiger partial charge is 0.326 e. The van der Waals surface area contributed by atoms with Crippen LogP contribution in [0, 0.1) is 0 Å². The summed E-state index contributed by atoms with van der Waals surface area (Å²) < 4.78 is 0. The molecule has 0 spiro atoms. The zero-order valence-electron chi connectivity index (χ0n) is 86.0. The monoisotopic (exact) mass is 2250 g/mol. The molecular weight excluding hydrogens is 2110 g/mol. The van der Waals surface area contributed by atoms with Crippen molar-refractivity contribution in [2.75, 3.05) is 117 Å². The second-order valence-electron chi connectivity index (χ2n) is 29.6. The molecule has 0 fully saturated rings. The lowest BCUT2D eigenvalue weighted by Gasteiger charge is -2.13. The van der Waals surface area contributed by atoms with Crippen LogP contribution in [0.4, 0.5) is 5.82 Å². The number of hydrogen-bond donors (Lipinski definition) is 9. The maximum Gasteiger partial charge on any atom is 0.326 e. The van der Waals surface area contributed by atoms with E-state index in [0.717, 1.165) is 73.1 Å². The molecule has 2 heterocycles.